The van der Waals surface area contributed by atoms with Gasteiger partial charge in [-0.3, -0.25) is 9.78 Å². The molecule has 0 unspecified atom stereocenters. The molecule has 0 atom stereocenters. The number of anilines is 2. The molecular formula is C32H30ClF2N3O4S. The second-order valence-electron chi connectivity index (χ2n) is 10.3. The van der Waals surface area contributed by atoms with Gasteiger partial charge in [0.25, 0.3) is 15.9 Å². The van der Waals surface area contributed by atoms with Gasteiger partial charge in [-0.15, -0.1) is 0 Å². The van der Waals surface area contributed by atoms with Gasteiger partial charge in [0.15, 0.2) is 0 Å². The van der Waals surface area contributed by atoms with Crippen LogP contribution in [0.4, 0.5) is 20.2 Å². The van der Waals surface area contributed by atoms with Crippen LogP contribution in [0, 0.1) is 0 Å². The van der Waals surface area contributed by atoms with Gasteiger partial charge >= 0.3 is 0 Å². The average Bonchev–Trinajstić information content (AvgIpc) is 3.50. The van der Waals surface area contributed by atoms with E-state index in [9.17, 15) is 22.0 Å². The van der Waals surface area contributed by atoms with E-state index in [1.165, 1.54) is 36.4 Å². The Hall–Kier alpha value is -4.02. The van der Waals surface area contributed by atoms with Crippen molar-refractivity contribution < 1.29 is 26.7 Å². The number of nitrogens with one attached hydrogen (secondary N) is 1. The fourth-order valence-electron chi connectivity index (χ4n) is 5.01. The number of nitrogens with zero attached hydrogens (tertiary/aromatic N) is 2. The van der Waals surface area contributed by atoms with Crippen LogP contribution >= 0.6 is 11.6 Å². The minimum atomic E-state index is -4.14. The molecular weight excluding hydrogens is 596 g/mol. The number of halogens is 3. The maximum Gasteiger partial charge on any atom is 0.264 e. The molecule has 1 fully saturated rings. The van der Waals surface area contributed by atoms with E-state index in [4.69, 9.17) is 16.3 Å². The van der Waals surface area contributed by atoms with Crippen molar-refractivity contribution in [2.24, 2.45) is 0 Å². The van der Waals surface area contributed by atoms with E-state index in [0.717, 1.165) is 31.2 Å². The van der Waals surface area contributed by atoms with Gasteiger partial charge in [0.2, 0.25) is 6.43 Å². The molecule has 1 aliphatic carbocycles. The van der Waals surface area contributed by atoms with Gasteiger partial charge in [-0.25, -0.2) is 21.9 Å². The van der Waals surface area contributed by atoms with Crippen molar-refractivity contribution in [1.29, 1.82) is 0 Å². The number of carbonyl (C=O) groups is 1. The summed E-state index contributed by atoms with van der Waals surface area (Å²) in [7, 11) is -4.14. The molecule has 1 N–H and O–H groups in total. The predicted octanol–water partition coefficient (Wildman–Crippen LogP) is 7.32. The van der Waals surface area contributed by atoms with Gasteiger partial charge in [-0.05, 0) is 91.4 Å². The number of hydrogen-bond acceptors (Lipinski definition) is 6. The molecule has 4 aromatic rings. The lowest BCUT2D eigenvalue weighted by atomic mass is 10.1. The summed E-state index contributed by atoms with van der Waals surface area (Å²) in [6.45, 7) is 0.388. The standard InChI is InChI=1S/C32H30ClF2N3O4S/c33-25-6-3-9-29(18-25)43(40,41)37-32(39)23-10-13-26(14-11-23)38(21-22-5-4-16-36-20-22)27-15-12-24(17-31(34)35)30(19-27)42-28-7-1-2-8-28/h3-6,9-16,18-20,28,31H,1-2,7-8,17,21H2,(H,37,39). The van der Waals surface area contributed by atoms with Crippen LogP contribution in [0.1, 0.15) is 47.2 Å². The lowest BCUT2D eigenvalue weighted by molar-refractivity contribution is 0.0981. The minimum absolute atomic E-state index is 0.0144. The Labute approximate surface area is 254 Å². The van der Waals surface area contributed by atoms with Crippen LogP contribution in [-0.4, -0.2) is 31.8 Å². The molecule has 0 bridgehead atoms. The minimum Gasteiger partial charge on any atom is -0.490 e. The maximum absolute atomic E-state index is 13.4. The molecule has 43 heavy (non-hydrogen) atoms. The number of alkyl halides is 2. The molecule has 1 aromatic heterocycles. The first-order chi connectivity index (χ1) is 20.7. The third kappa shape index (κ3) is 7.88. The highest BCUT2D eigenvalue weighted by Gasteiger charge is 2.22. The van der Waals surface area contributed by atoms with Crippen molar-refractivity contribution in [1.82, 2.24) is 9.71 Å². The molecule has 1 amide bonds. The summed E-state index contributed by atoms with van der Waals surface area (Å²) in [5.74, 6) is -0.364. The fraction of sp³-hybridized carbons (Fsp3) is 0.250. The number of carbonyl (C=O) groups excluding carboxylic acids is 1. The van der Waals surface area contributed by atoms with Crippen LogP contribution < -0.4 is 14.4 Å². The molecule has 11 heteroatoms. The third-order valence-corrected chi connectivity index (χ3v) is 8.73. The lowest BCUT2D eigenvalue weighted by Gasteiger charge is -2.27. The molecule has 1 heterocycles. The average molecular weight is 626 g/mol. The Balaban J connectivity index is 1.44. The Morgan fingerprint density at radius 3 is 2.42 bits per heavy atom. The Bertz CT molecular complexity index is 1670. The van der Waals surface area contributed by atoms with E-state index < -0.39 is 28.8 Å². The van der Waals surface area contributed by atoms with Crippen LogP contribution in [0.15, 0.2) is 96.2 Å². The first-order valence-electron chi connectivity index (χ1n) is 13.8. The summed E-state index contributed by atoms with van der Waals surface area (Å²) in [5, 5.41) is 0.229. The predicted molar refractivity (Wildman–Crippen MR) is 162 cm³/mol. The second kappa shape index (κ2) is 13.5. The molecule has 1 aliphatic rings. The van der Waals surface area contributed by atoms with Crippen molar-refractivity contribution >= 4 is 38.9 Å². The maximum atomic E-state index is 13.4. The molecule has 0 spiro atoms. The number of sulfonamides is 1. The van der Waals surface area contributed by atoms with Gasteiger partial charge in [0.05, 0.1) is 11.0 Å². The lowest BCUT2D eigenvalue weighted by Crippen LogP contribution is -2.30. The largest absolute Gasteiger partial charge is 0.490 e. The van der Waals surface area contributed by atoms with Crippen molar-refractivity contribution in [3.63, 3.8) is 0 Å². The molecule has 224 valence electrons. The van der Waals surface area contributed by atoms with E-state index in [0.29, 0.717) is 29.2 Å². The van der Waals surface area contributed by atoms with Crippen LogP contribution in [0.2, 0.25) is 5.02 Å². The highest BCUT2D eigenvalue weighted by molar-refractivity contribution is 7.90. The molecule has 0 aliphatic heterocycles. The number of benzene rings is 3. The highest BCUT2D eigenvalue weighted by Crippen LogP contribution is 2.35. The molecule has 5 rings (SSSR count). The van der Waals surface area contributed by atoms with Gasteiger partial charge in [0.1, 0.15) is 5.75 Å². The Kier molecular flexibility index (Phi) is 9.57. The van der Waals surface area contributed by atoms with E-state index >= 15 is 0 Å². The third-order valence-electron chi connectivity index (χ3n) is 7.17. The number of hydrogen-bond donors (Lipinski definition) is 1. The van der Waals surface area contributed by atoms with Gasteiger partial charge in [0, 0.05) is 53.4 Å². The Morgan fingerprint density at radius 2 is 1.74 bits per heavy atom. The monoisotopic (exact) mass is 625 g/mol. The zero-order valence-corrected chi connectivity index (χ0v) is 24.7. The molecule has 1 saturated carbocycles. The molecule has 3 aromatic carbocycles. The quantitative estimate of drug-likeness (QED) is 0.188. The molecule has 0 saturated heterocycles. The molecule has 0 radical (unpaired) electrons. The van der Waals surface area contributed by atoms with Crippen LogP contribution in [0.3, 0.4) is 0 Å². The number of ether oxygens (including phenoxy) is 1. The fourth-order valence-corrected chi connectivity index (χ4v) is 6.29. The van der Waals surface area contributed by atoms with Gasteiger partial charge in [-0.1, -0.05) is 29.8 Å². The normalized spacial score (nSPS) is 13.7. The second-order valence-corrected chi connectivity index (χ2v) is 12.4. The summed E-state index contributed by atoms with van der Waals surface area (Å²) in [5.41, 5.74) is 2.86. The highest BCUT2D eigenvalue weighted by atomic mass is 35.5. The molecule has 7 nitrogen and oxygen atoms in total. The SMILES string of the molecule is O=C(NS(=O)(=O)c1cccc(Cl)c1)c1ccc(N(Cc2cccnc2)c2ccc(CC(F)F)c(OC3CCCC3)c2)cc1. The van der Waals surface area contributed by atoms with E-state index in [2.05, 4.69) is 9.71 Å². The van der Waals surface area contributed by atoms with Crippen molar-refractivity contribution in [3.05, 3.63) is 113 Å². The first-order valence-corrected chi connectivity index (χ1v) is 15.7. The van der Waals surface area contributed by atoms with E-state index in [1.807, 2.05) is 17.0 Å². The summed E-state index contributed by atoms with van der Waals surface area (Å²) >= 11 is 5.92. The number of aromatic nitrogens is 1. The zero-order valence-electron chi connectivity index (χ0n) is 23.1. The summed E-state index contributed by atoms with van der Waals surface area (Å²) in [6.07, 6.45) is 4.32. The smallest absolute Gasteiger partial charge is 0.264 e. The van der Waals surface area contributed by atoms with E-state index in [1.54, 1.807) is 42.7 Å². The Morgan fingerprint density at radius 1 is 1.00 bits per heavy atom. The van der Waals surface area contributed by atoms with Crippen molar-refractivity contribution in [2.75, 3.05) is 4.90 Å². The number of amides is 1. The van der Waals surface area contributed by atoms with Crippen molar-refractivity contribution in [2.45, 2.75) is 56.1 Å². The number of rotatable bonds is 11. The van der Waals surface area contributed by atoms with Crippen LogP contribution in [0.25, 0.3) is 0 Å². The van der Waals surface area contributed by atoms with Crippen LogP contribution in [-0.2, 0) is 23.0 Å². The van der Waals surface area contributed by atoms with Gasteiger partial charge in [-0.2, -0.15) is 0 Å². The van der Waals surface area contributed by atoms with Gasteiger partial charge < -0.3 is 9.64 Å². The summed E-state index contributed by atoms with van der Waals surface area (Å²) < 4.78 is 60.5. The summed E-state index contributed by atoms with van der Waals surface area (Å²) in [4.78, 5) is 18.9. The summed E-state index contributed by atoms with van der Waals surface area (Å²) in [6, 6.07) is 21.0. The van der Waals surface area contributed by atoms with Crippen molar-refractivity contribution in [3.8, 4) is 5.75 Å². The number of pyridine rings is 1. The van der Waals surface area contributed by atoms with E-state index in [-0.39, 0.29) is 21.6 Å². The first kappa shape index (κ1) is 30.4. The topological polar surface area (TPSA) is 88.6 Å². The van der Waals surface area contributed by atoms with Crippen LogP contribution in [0.5, 0.6) is 5.75 Å². The zero-order chi connectivity index (χ0) is 30.4.